The van der Waals surface area contributed by atoms with Crippen molar-refractivity contribution in [2.75, 3.05) is 23.3 Å². The maximum atomic E-state index is 13.0. The van der Waals surface area contributed by atoms with Crippen molar-refractivity contribution in [3.8, 4) is 5.82 Å². The van der Waals surface area contributed by atoms with E-state index in [0.29, 0.717) is 12.5 Å². The zero-order chi connectivity index (χ0) is 20.2. The number of carbonyl (C=O) groups is 1. The fourth-order valence-electron chi connectivity index (χ4n) is 3.79. The quantitative estimate of drug-likeness (QED) is 0.720. The number of nitrogens with zero attached hydrogens (tertiary/aromatic N) is 5. The molecule has 0 radical (unpaired) electrons. The average molecular weight is 390 g/mol. The predicted octanol–water partition coefficient (Wildman–Crippen LogP) is 3.64. The lowest BCUT2D eigenvalue weighted by molar-refractivity contribution is -0.120. The molecule has 4 rings (SSSR count). The van der Waals surface area contributed by atoms with Crippen LogP contribution in [0.4, 0.5) is 11.5 Å². The maximum absolute atomic E-state index is 13.0. The van der Waals surface area contributed by atoms with Gasteiger partial charge in [-0.05, 0) is 36.5 Å². The summed E-state index contributed by atoms with van der Waals surface area (Å²) in [4.78, 5) is 23.9. The van der Waals surface area contributed by atoms with Crippen LogP contribution in [0.15, 0.2) is 55.1 Å². The van der Waals surface area contributed by atoms with E-state index in [1.807, 2.05) is 36.5 Å². The van der Waals surface area contributed by atoms with E-state index in [9.17, 15) is 4.79 Å². The zero-order valence-corrected chi connectivity index (χ0v) is 16.8. The monoisotopic (exact) mass is 390 g/mol. The SMILES string of the molecule is CC(C)c1ccccc1NC(=O)[C@H]1CCCN(c2cc(-n3cccn3)ncn2)C1. The summed E-state index contributed by atoms with van der Waals surface area (Å²) in [6.07, 6.45) is 6.95. The lowest BCUT2D eigenvalue weighted by atomic mass is 9.96. The summed E-state index contributed by atoms with van der Waals surface area (Å²) in [6.45, 7) is 5.80. The van der Waals surface area contributed by atoms with Gasteiger partial charge in [-0.3, -0.25) is 4.79 Å². The van der Waals surface area contributed by atoms with Crippen LogP contribution in [0.1, 0.15) is 38.2 Å². The number of nitrogens with one attached hydrogen (secondary N) is 1. The molecule has 1 N–H and O–H groups in total. The van der Waals surface area contributed by atoms with Crippen molar-refractivity contribution in [1.29, 1.82) is 0 Å². The molecule has 3 heterocycles. The van der Waals surface area contributed by atoms with Crippen LogP contribution in [-0.4, -0.2) is 38.7 Å². The second-order valence-electron chi connectivity index (χ2n) is 7.70. The highest BCUT2D eigenvalue weighted by Crippen LogP contribution is 2.27. The van der Waals surface area contributed by atoms with E-state index in [4.69, 9.17) is 0 Å². The van der Waals surface area contributed by atoms with Gasteiger partial charge in [0.25, 0.3) is 0 Å². The van der Waals surface area contributed by atoms with Crippen molar-refractivity contribution >= 4 is 17.4 Å². The van der Waals surface area contributed by atoms with Crippen LogP contribution < -0.4 is 10.2 Å². The number of hydrogen-bond donors (Lipinski definition) is 1. The minimum Gasteiger partial charge on any atom is -0.356 e. The van der Waals surface area contributed by atoms with Crippen molar-refractivity contribution in [1.82, 2.24) is 19.7 Å². The summed E-state index contributed by atoms with van der Waals surface area (Å²) in [6, 6.07) is 11.8. The van der Waals surface area contributed by atoms with Crippen LogP contribution in [0, 0.1) is 5.92 Å². The number of hydrogen-bond acceptors (Lipinski definition) is 5. The van der Waals surface area contributed by atoms with Crippen LogP contribution in [0.5, 0.6) is 0 Å². The fourth-order valence-corrected chi connectivity index (χ4v) is 3.79. The molecule has 3 aromatic rings. The fraction of sp³-hybridized carbons (Fsp3) is 0.364. The highest BCUT2D eigenvalue weighted by Gasteiger charge is 2.27. The smallest absolute Gasteiger partial charge is 0.229 e. The number of benzene rings is 1. The van der Waals surface area contributed by atoms with E-state index in [-0.39, 0.29) is 11.8 Å². The largest absolute Gasteiger partial charge is 0.356 e. The molecule has 29 heavy (non-hydrogen) atoms. The molecule has 1 fully saturated rings. The maximum Gasteiger partial charge on any atom is 0.229 e. The molecule has 0 spiro atoms. The molecule has 1 amide bonds. The summed E-state index contributed by atoms with van der Waals surface area (Å²) in [5.41, 5.74) is 2.07. The standard InChI is InChI=1S/C22H26N6O/c1-16(2)18-8-3-4-9-19(18)26-22(29)17-7-5-11-27(14-17)20-13-21(24-15-23-20)28-12-6-10-25-28/h3-4,6,8-10,12-13,15-17H,5,7,11,14H2,1-2H3,(H,26,29)/t17-/m0/s1. The van der Waals surface area contributed by atoms with E-state index >= 15 is 0 Å². The number of rotatable bonds is 5. The molecule has 1 aliphatic heterocycles. The molecule has 0 unspecified atom stereocenters. The average Bonchev–Trinajstić information content (AvgIpc) is 3.29. The molecule has 0 bridgehead atoms. The van der Waals surface area contributed by atoms with Crippen LogP contribution in [-0.2, 0) is 4.79 Å². The van der Waals surface area contributed by atoms with Gasteiger partial charge < -0.3 is 10.2 Å². The van der Waals surface area contributed by atoms with Gasteiger partial charge in [-0.15, -0.1) is 0 Å². The van der Waals surface area contributed by atoms with Crippen LogP contribution in [0.3, 0.4) is 0 Å². The van der Waals surface area contributed by atoms with Gasteiger partial charge in [-0.25, -0.2) is 14.6 Å². The van der Waals surface area contributed by atoms with E-state index in [1.165, 1.54) is 0 Å². The minimum absolute atomic E-state index is 0.0733. The molecule has 7 heteroatoms. The van der Waals surface area contributed by atoms with Gasteiger partial charge in [0.1, 0.15) is 12.1 Å². The predicted molar refractivity (Wildman–Crippen MR) is 113 cm³/mol. The van der Waals surface area contributed by atoms with E-state index in [1.54, 1.807) is 17.2 Å². The van der Waals surface area contributed by atoms with Crippen molar-refractivity contribution in [2.24, 2.45) is 5.92 Å². The lowest BCUT2D eigenvalue weighted by Gasteiger charge is -2.33. The number of para-hydroxylation sites is 1. The molecule has 0 saturated carbocycles. The topological polar surface area (TPSA) is 75.9 Å². The summed E-state index contributed by atoms with van der Waals surface area (Å²) < 4.78 is 1.71. The summed E-state index contributed by atoms with van der Waals surface area (Å²) in [5, 5.41) is 7.38. The first kappa shape index (κ1) is 19.1. The molecular weight excluding hydrogens is 364 g/mol. The summed E-state index contributed by atoms with van der Waals surface area (Å²) >= 11 is 0. The van der Waals surface area contributed by atoms with E-state index < -0.39 is 0 Å². The van der Waals surface area contributed by atoms with Gasteiger partial charge in [-0.2, -0.15) is 5.10 Å². The Balaban J connectivity index is 1.48. The molecule has 1 aromatic carbocycles. The van der Waals surface area contributed by atoms with Gasteiger partial charge in [-0.1, -0.05) is 32.0 Å². The Morgan fingerprint density at radius 1 is 1.17 bits per heavy atom. The first-order valence-electron chi connectivity index (χ1n) is 10.1. The second kappa shape index (κ2) is 8.43. The van der Waals surface area contributed by atoms with Crippen molar-refractivity contribution in [3.05, 3.63) is 60.7 Å². The third-order valence-electron chi connectivity index (χ3n) is 5.33. The van der Waals surface area contributed by atoms with E-state index in [2.05, 4.69) is 45.2 Å². The molecule has 2 aromatic heterocycles. The Hall–Kier alpha value is -3.22. The molecular formula is C22H26N6O. The van der Waals surface area contributed by atoms with Gasteiger partial charge >= 0.3 is 0 Å². The first-order valence-corrected chi connectivity index (χ1v) is 10.1. The molecule has 150 valence electrons. The Kier molecular flexibility index (Phi) is 5.55. The highest BCUT2D eigenvalue weighted by molar-refractivity contribution is 5.93. The minimum atomic E-state index is -0.0768. The number of piperidine rings is 1. The number of carbonyl (C=O) groups excluding carboxylic acids is 1. The first-order chi connectivity index (χ1) is 14.1. The Bertz CT molecular complexity index is 969. The van der Waals surface area contributed by atoms with Crippen molar-refractivity contribution in [2.45, 2.75) is 32.6 Å². The zero-order valence-electron chi connectivity index (χ0n) is 16.8. The van der Waals surface area contributed by atoms with Crippen LogP contribution in [0.25, 0.3) is 5.82 Å². The lowest BCUT2D eigenvalue weighted by Crippen LogP contribution is -2.41. The van der Waals surface area contributed by atoms with Gasteiger partial charge in [0.2, 0.25) is 5.91 Å². The Morgan fingerprint density at radius 2 is 2.00 bits per heavy atom. The highest BCUT2D eigenvalue weighted by atomic mass is 16.1. The van der Waals surface area contributed by atoms with Gasteiger partial charge in [0, 0.05) is 37.2 Å². The van der Waals surface area contributed by atoms with Crippen LogP contribution in [0.2, 0.25) is 0 Å². The van der Waals surface area contributed by atoms with E-state index in [0.717, 1.165) is 42.3 Å². The van der Waals surface area contributed by atoms with Crippen molar-refractivity contribution in [3.63, 3.8) is 0 Å². The van der Waals surface area contributed by atoms with Gasteiger partial charge in [0.05, 0.1) is 5.92 Å². The summed E-state index contributed by atoms with van der Waals surface area (Å²) in [7, 11) is 0. The van der Waals surface area contributed by atoms with Gasteiger partial charge in [0.15, 0.2) is 5.82 Å². The second-order valence-corrected chi connectivity index (χ2v) is 7.70. The Labute approximate surface area is 170 Å². The van der Waals surface area contributed by atoms with Crippen LogP contribution >= 0.6 is 0 Å². The number of anilines is 2. The summed E-state index contributed by atoms with van der Waals surface area (Å²) in [5.74, 6) is 1.90. The molecule has 7 nitrogen and oxygen atoms in total. The molecule has 1 aliphatic rings. The Morgan fingerprint density at radius 3 is 2.79 bits per heavy atom. The molecule has 0 aliphatic carbocycles. The number of aromatic nitrogens is 4. The van der Waals surface area contributed by atoms with Crippen molar-refractivity contribution < 1.29 is 4.79 Å². The third kappa shape index (κ3) is 4.29. The third-order valence-corrected chi connectivity index (χ3v) is 5.33. The normalized spacial score (nSPS) is 16.8. The number of amides is 1. The molecule has 1 atom stereocenters. The molecule has 1 saturated heterocycles.